The molecule has 0 saturated carbocycles. The van der Waals surface area contributed by atoms with Crippen LogP contribution in [0.2, 0.25) is 0 Å². The molecule has 3 rings (SSSR count). The summed E-state index contributed by atoms with van der Waals surface area (Å²) >= 11 is 1.40. The highest BCUT2D eigenvalue weighted by Gasteiger charge is 2.34. The molecule has 1 aromatic rings. The van der Waals surface area contributed by atoms with E-state index in [2.05, 4.69) is 23.7 Å². The lowest BCUT2D eigenvalue weighted by Gasteiger charge is -2.25. The first kappa shape index (κ1) is 14.6. The number of ether oxygens (including phenoxy) is 1. The number of anilines is 2. The van der Waals surface area contributed by atoms with Gasteiger partial charge in [0, 0.05) is 26.2 Å². The molecule has 2 aliphatic heterocycles. The Bertz CT molecular complexity index is 537. The summed E-state index contributed by atoms with van der Waals surface area (Å²) in [6.07, 6.45) is 1.04. The Kier molecular flexibility index (Phi) is 3.79. The molecule has 0 unspecified atom stereocenters. The second-order valence-corrected chi connectivity index (χ2v) is 7.43. The van der Waals surface area contributed by atoms with Crippen molar-refractivity contribution in [1.82, 2.24) is 9.88 Å². The molecule has 0 aliphatic carbocycles. The van der Waals surface area contributed by atoms with Crippen LogP contribution in [-0.2, 0) is 4.74 Å². The van der Waals surface area contributed by atoms with Crippen LogP contribution in [0.3, 0.4) is 0 Å². The average molecular weight is 310 g/mol. The molecule has 1 amide bonds. The Labute approximate surface area is 128 Å². The van der Waals surface area contributed by atoms with Crippen LogP contribution >= 0.6 is 11.3 Å². The van der Waals surface area contributed by atoms with Crippen molar-refractivity contribution in [1.29, 1.82) is 0 Å². The molecule has 3 heterocycles. The first-order chi connectivity index (χ1) is 9.96. The number of hydrogen-bond donors (Lipinski definition) is 1. The fourth-order valence-electron chi connectivity index (χ4n) is 2.79. The SMILES string of the molecule is CC1(C)CCN(C(=O)c2sc(N3CCOCC3)nc2N)C1. The largest absolute Gasteiger partial charge is 0.382 e. The predicted molar refractivity (Wildman–Crippen MR) is 83.9 cm³/mol. The van der Waals surface area contributed by atoms with Gasteiger partial charge in [0.15, 0.2) is 5.13 Å². The summed E-state index contributed by atoms with van der Waals surface area (Å²) in [7, 11) is 0. The van der Waals surface area contributed by atoms with Crippen molar-refractivity contribution in [2.45, 2.75) is 20.3 Å². The monoisotopic (exact) mass is 310 g/mol. The number of hydrogen-bond acceptors (Lipinski definition) is 6. The van der Waals surface area contributed by atoms with Crippen LogP contribution in [0.1, 0.15) is 29.9 Å². The first-order valence-corrected chi connectivity index (χ1v) is 8.16. The number of carbonyl (C=O) groups excluding carboxylic acids is 1. The zero-order valence-electron chi connectivity index (χ0n) is 12.6. The van der Waals surface area contributed by atoms with E-state index in [1.54, 1.807) is 0 Å². The number of nitrogen functional groups attached to an aromatic ring is 1. The van der Waals surface area contributed by atoms with Gasteiger partial charge < -0.3 is 20.3 Å². The molecule has 2 saturated heterocycles. The highest BCUT2D eigenvalue weighted by atomic mass is 32.1. The predicted octanol–water partition coefficient (Wildman–Crippen LogP) is 1.43. The molecule has 0 spiro atoms. The minimum absolute atomic E-state index is 0.0232. The van der Waals surface area contributed by atoms with Crippen LogP contribution < -0.4 is 10.6 Å². The molecule has 6 nitrogen and oxygen atoms in total. The minimum atomic E-state index is 0.0232. The van der Waals surface area contributed by atoms with Crippen molar-refractivity contribution < 1.29 is 9.53 Å². The van der Waals surface area contributed by atoms with Crippen molar-refractivity contribution in [3.8, 4) is 0 Å². The van der Waals surface area contributed by atoms with E-state index in [0.29, 0.717) is 23.9 Å². The van der Waals surface area contributed by atoms with Crippen molar-refractivity contribution in [2.24, 2.45) is 5.41 Å². The van der Waals surface area contributed by atoms with E-state index >= 15 is 0 Å². The number of rotatable bonds is 2. The van der Waals surface area contributed by atoms with Gasteiger partial charge in [0.25, 0.3) is 5.91 Å². The van der Waals surface area contributed by atoms with E-state index in [0.717, 1.165) is 37.7 Å². The smallest absolute Gasteiger partial charge is 0.267 e. The number of nitrogens with zero attached hydrogens (tertiary/aromatic N) is 3. The Hall–Kier alpha value is -1.34. The van der Waals surface area contributed by atoms with Crippen LogP contribution in [-0.4, -0.2) is 55.2 Å². The third-order valence-electron chi connectivity index (χ3n) is 4.08. The lowest BCUT2D eigenvalue weighted by Crippen LogP contribution is -2.36. The summed E-state index contributed by atoms with van der Waals surface area (Å²) in [5.74, 6) is 0.381. The van der Waals surface area contributed by atoms with Gasteiger partial charge in [-0.2, -0.15) is 0 Å². The molecule has 2 fully saturated rings. The molecule has 0 bridgehead atoms. The van der Waals surface area contributed by atoms with Gasteiger partial charge in [-0.3, -0.25) is 4.79 Å². The van der Waals surface area contributed by atoms with E-state index in [1.807, 2.05) is 4.90 Å². The molecule has 7 heteroatoms. The molecule has 0 aromatic carbocycles. The lowest BCUT2D eigenvalue weighted by atomic mass is 9.93. The Morgan fingerprint density at radius 1 is 1.33 bits per heavy atom. The van der Waals surface area contributed by atoms with E-state index in [9.17, 15) is 4.79 Å². The first-order valence-electron chi connectivity index (χ1n) is 7.34. The highest BCUT2D eigenvalue weighted by molar-refractivity contribution is 7.18. The second kappa shape index (κ2) is 5.46. The van der Waals surface area contributed by atoms with Gasteiger partial charge in [-0.1, -0.05) is 25.2 Å². The van der Waals surface area contributed by atoms with Crippen molar-refractivity contribution in [3.05, 3.63) is 4.88 Å². The number of likely N-dealkylation sites (tertiary alicyclic amines) is 1. The van der Waals surface area contributed by atoms with Gasteiger partial charge in [0.1, 0.15) is 10.7 Å². The van der Waals surface area contributed by atoms with E-state index in [4.69, 9.17) is 10.5 Å². The fraction of sp³-hybridized carbons (Fsp3) is 0.714. The summed E-state index contributed by atoms with van der Waals surface area (Å²) in [5, 5.41) is 0.831. The number of nitrogens with two attached hydrogens (primary N) is 1. The van der Waals surface area contributed by atoms with Crippen molar-refractivity contribution >= 4 is 28.2 Å². The van der Waals surface area contributed by atoms with Crippen LogP contribution in [0, 0.1) is 5.41 Å². The van der Waals surface area contributed by atoms with Crippen molar-refractivity contribution in [3.63, 3.8) is 0 Å². The fourth-order valence-corrected chi connectivity index (χ4v) is 3.80. The second-order valence-electron chi connectivity index (χ2n) is 6.45. The van der Waals surface area contributed by atoms with Crippen LogP contribution in [0.4, 0.5) is 10.9 Å². The summed E-state index contributed by atoms with van der Waals surface area (Å²) < 4.78 is 5.34. The maximum atomic E-state index is 12.6. The molecule has 2 aliphatic rings. The van der Waals surface area contributed by atoms with Gasteiger partial charge in [-0.05, 0) is 11.8 Å². The molecule has 116 valence electrons. The summed E-state index contributed by atoms with van der Waals surface area (Å²) in [6.45, 7) is 8.97. The number of thiazole rings is 1. The van der Waals surface area contributed by atoms with Gasteiger partial charge in [0.2, 0.25) is 0 Å². The van der Waals surface area contributed by atoms with Gasteiger partial charge >= 0.3 is 0 Å². The third-order valence-corrected chi connectivity index (χ3v) is 5.20. The van der Waals surface area contributed by atoms with Crippen LogP contribution in [0.5, 0.6) is 0 Å². The number of morpholine rings is 1. The Balaban J connectivity index is 1.76. The summed E-state index contributed by atoms with van der Waals surface area (Å²) in [6, 6.07) is 0. The average Bonchev–Trinajstić information content (AvgIpc) is 3.02. The standard InChI is InChI=1S/C14H22N4O2S/c1-14(2)3-4-18(9-14)12(19)10-11(15)16-13(21-10)17-5-7-20-8-6-17/h3-9,15H2,1-2H3. The third kappa shape index (κ3) is 2.98. The van der Waals surface area contributed by atoms with E-state index in [-0.39, 0.29) is 11.3 Å². The maximum Gasteiger partial charge on any atom is 0.267 e. The zero-order valence-corrected chi connectivity index (χ0v) is 13.4. The number of aromatic nitrogens is 1. The molecule has 0 radical (unpaired) electrons. The van der Waals surface area contributed by atoms with E-state index in [1.165, 1.54) is 11.3 Å². The summed E-state index contributed by atoms with van der Waals surface area (Å²) in [5.41, 5.74) is 6.17. The normalized spacial score (nSPS) is 21.8. The maximum absolute atomic E-state index is 12.6. The minimum Gasteiger partial charge on any atom is -0.382 e. The van der Waals surface area contributed by atoms with Gasteiger partial charge in [0.05, 0.1) is 13.2 Å². The molecule has 21 heavy (non-hydrogen) atoms. The highest BCUT2D eigenvalue weighted by Crippen LogP contribution is 2.34. The molecule has 0 atom stereocenters. The van der Waals surface area contributed by atoms with Crippen LogP contribution in [0.25, 0.3) is 0 Å². The lowest BCUT2D eigenvalue weighted by molar-refractivity contribution is 0.0784. The van der Waals surface area contributed by atoms with Gasteiger partial charge in [-0.15, -0.1) is 0 Å². The quantitative estimate of drug-likeness (QED) is 0.895. The van der Waals surface area contributed by atoms with Crippen molar-refractivity contribution in [2.75, 3.05) is 50.0 Å². The van der Waals surface area contributed by atoms with Gasteiger partial charge in [-0.25, -0.2) is 4.98 Å². The topological polar surface area (TPSA) is 71.7 Å². The number of carbonyl (C=O) groups is 1. The molecule has 2 N–H and O–H groups in total. The summed E-state index contributed by atoms with van der Waals surface area (Å²) in [4.78, 5) is 21.6. The molecular weight excluding hydrogens is 288 g/mol. The number of amides is 1. The van der Waals surface area contributed by atoms with E-state index < -0.39 is 0 Å². The van der Waals surface area contributed by atoms with Crippen LogP contribution in [0.15, 0.2) is 0 Å². The zero-order chi connectivity index (χ0) is 15.0. The molecule has 1 aromatic heterocycles. The Morgan fingerprint density at radius 3 is 2.67 bits per heavy atom. The Morgan fingerprint density at radius 2 is 2.05 bits per heavy atom. The molecular formula is C14H22N4O2S.